The summed E-state index contributed by atoms with van der Waals surface area (Å²) in [6.07, 6.45) is 1.66. The Kier molecular flexibility index (Phi) is 4.97. The predicted molar refractivity (Wildman–Crippen MR) is 81.7 cm³/mol. The molecule has 1 fully saturated rings. The summed E-state index contributed by atoms with van der Waals surface area (Å²) >= 11 is 0. The van der Waals surface area contributed by atoms with Gasteiger partial charge >= 0.3 is 5.69 Å². The van der Waals surface area contributed by atoms with E-state index in [0.717, 1.165) is 12.8 Å². The molecule has 0 saturated carbocycles. The molecule has 1 aliphatic heterocycles. The highest BCUT2D eigenvalue weighted by Crippen LogP contribution is 2.35. The highest BCUT2D eigenvalue weighted by Gasteiger charge is 2.25. The van der Waals surface area contributed by atoms with Crippen LogP contribution in [0.3, 0.4) is 0 Å². The number of carbonyl (C=O) groups excluding carboxylic acids is 1. The normalized spacial score (nSPS) is 15.3. The van der Waals surface area contributed by atoms with Gasteiger partial charge in [0.2, 0.25) is 5.91 Å². The molecule has 0 atom stereocenters. The monoisotopic (exact) mass is 292 g/mol. The van der Waals surface area contributed by atoms with Crippen LogP contribution < -0.4 is 15.5 Å². The van der Waals surface area contributed by atoms with Gasteiger partial charge in [-0.2, -0.15) is 0 Å². The molecule has 0 aromatic heterocycles. The summed E-state index contributed by atoms with van der Waals surface area (Å²) in [6.45, 7) is 4.05. The maximum absolute atomic E-state index is 11.7. The number of rotatable bonds is 5. The van der Waals surface area contributed by atoms with Crippen LogP contribution in [0.2, 0.25) is 0 Å². The second-order valence-corrected chi connectivity index (χ2v) is 4.98. The number of benzene rings is 1. The van der Waals surface area contributed by atoms with Gasteiger partial charge in [-0.3, -0.25) is 14.9 Å². The van der Waals surface area contributed by atoms with Crippen LogP contribution in [0.5, 0.6) is 0 Å². The summed E-state index contributed by atoms with van der Waals surface area (Å²) in [5, 5.41) is 17.3. The van der Waals surface area contributed by atoms with E-state index < -0.39 is 0 Å². The first-order valence-electron chi connectivity index (χ1n) is 7.16. The molecule has 0 unspecified atom stereocenters. The summed E-state index contributed by atoms with van der Waals surface area (Å²) in [6, 6.07) is 5.19. The summed E-state index contributed by atoms with van der Waals surface area (Å²) < 4.78 is 0. The van der Waals surface area contributed by atoms with Crippen LogP contribution in [0.15, 0.2) is 18.2 Å². The minimum atomic E-state index is -0.379. The first kappa shape index (κ1) is 15.1. The lowest BCUT2D eigenvalue weighted by molar-refractivity contribution is -0.383. The number of carbonyl (C=O) groups is 1. The van der Waals surface area contributed by atoms with Crippen LogP contribution in [0.1, 0.15) is 19.8 Å². The molecule has 7 nitrogen and oxygen atoms in total. The van der Waals surface area contributed by atoms with E-state index in [-0.39, 0.29) is 23.1 Å². The molecule has 0 bridgehead atoms. The van der Waals surface area contributed by atoms with Crippen molar-refractivity contribution < 1.29 is 9.72 Å². The summed E-state index contributed by atoms with van der Waals surface area (Å²) in [5.41, 5.74) is 1.04. The number of hydrogen-bond acceptors (Lipinski definition) is 5. The van der Waals surface area contributed by atoms with E-state index in [4.69, 9.17) is 0 Å². The summed E-state index contributed by atoms with van der Waals surface area (Å²) in [7, 11) is 0. The van der Waals surface area contributed by atoms with E-state index in [1.54, 1.807) is 23.1 Å². The highest BCUT2D eigenvalue weighted by molar-refractivity contribution is 5.85. The van der Waals surface area contributed by atoms with E-state index >= 15 is 0 Å². The molecule has 0 aliphatic carbocycles. The number of anilines is 2. The zero-order valence-electron chi connectivity index (χ0n) is 12.1. The van der Waals surface area contributed by atoms with E-state index in [1.807, 2.05) is 6.92 Å². The Balaban J connectivity index is 2.37. The van der Waals surface area contributed by atoms with Crippen LogP contribution in [0.25, 0.3) is 0 Å². The standard InChI is InChI=1S/C14H20N4O3/c1-2-7-15-11-5-3-6-12(14(11)18(20)21)17-9-4-8-16-13(19)10-17/h3,5-6,15H,2,4,7-10H2,1H3,(H,16,19). The van der Waals surface area contributed by atoms with E-state index in [2.05, 4.69) is 10.6 Å². The van der Waals surface area contributed by atoms with Crippen LogP contribution in [0.4, 0.5) is 17.1 Å². The summed E-state index contributed by atoms with van der Waals surface area (Å²) in [5.74, 6) is -0.103. The fraction of sp³-hybridized carbons (Fsp3) is 0.500. The average Bonchev–Trinajstić information content (AvgIpc) is 2.69. The number of nitro benzene ring substituents is 1. The van der Waals surface area contributed by atoms with E-state index in [1.165, 1.54) is 0 Å². The van der Waals surface area contributed by atoms with Crippen molar-refractivity contribution >= 4 is 23.0 Å². The fourth-order valence-electron chi connectivity index (χ4n) is 2.39. The topological polar surface area (TPSA) is 87.5 Å². The third kappa shape index (κ3) is 3.62. The smallest absolute Gasteiger partial charge is 0.315 e. The highest BCUT2D eigenvalue weighted by atomic mass is 16.6. The Hall–Kier alpha value is -2.31. The first-order valence-corrected chi connectivity index (χ1v) is 7.16. The molecule has 1 aliphatic rings. The lowest BCUT2D eigenvalue weighted by atomic mass is 10.2. The molecular formula is C14H20N4O3. The van der Waals surface area contributed by atoms with E-state index in [0.29, 0.717) is 31.0 Å². The van der Waals surface area contributed by atoms with Gasteiger partial charge in [-0.15, -0.1) is 0 Å². The number of para-hydroxylation sites is 1. The lowest BCUT2D eigenvalue weighted by Crippen LogP contribution is -2.33. The predicted octanol–water partition coefficient (Wildman–Crippen LogP) is 1.74. The molecule has 0 radical (unpaired) electrons. The van der Waals surface area contributed by atoms with Gasteiger partial charge in [0.25, 0.3) is 0 Å². The van der Waals surface area contributed by atoms with Gasteiger partial charge in [0.1, 0.15) is 11.4 Å². The maximum atomic E-state index is 11.7. The van der Waals surface area contributed by atoms with Crippen molar-refractivity contribution in [3.63, 3.8) is 0 Å². The molecule has 1 amide bonds. The van der Waals surface area contributed by atoms with Crippen LogP contribution >= 0.6 is 0 Å². The molecule has 21 heavy (non-hydrogen) atoms. The van der Waals surface area contributed by atoms with Crippen LogP contribution in [-0.4, -0.2) is 37.0 Å². The molecule has 1 aromatic rings. The van der Waals surface area contributed by atoms with Crippen molar-refractivity contribution in [3.8, 4) is 0 Å². The second kappa shape index (κ2) is 6.92. The number of amides is 1. The Bertz CT molecular complexity index is 533. The molecule has 0 spiro atoms. The van der Waals surface area contributed by atoms with Gasteiger partial charge in [-0.25, -0.2) is 0 Å². The number of nitro groups is 1. The third-order valence-corrected chi connectivity index (χ3v) is 3.36. The average molecular weight is 292 g/mol. The second-order valence-electron chi connectivity index (χ2n) is 4.98. The molecule has 114 valence electrons. The molecule has 1 saturated heterocycles. The maximum Gasteiger partial charge on any atom is 0.315 e. The number of hydrogen-bond donors (Lipinski definition) is 2. The minimum Gasteiger partial charge on any atom is -0.379 e. The van der Waals surface area contributed by atoms with Crippen LogP contribution in [-0.2, 0) is 4.79 Å². The third-order valence-electron chi connectivity index (χ3n) is 3.36. The number of nitrogens with one attached hydrogen (secondary N) is 2. The Labute approximate surface area is 123 Å². The SMILES string of the molecule is CCCNc1cccc(N2CCCNC(=O)C2)c1[N+](=O)[O-]. The largest absolute Gasteiger partial charge is 0.379 e. The molecule has 1 aromatic carbocycles. The van der Waals surface area contributed by atoms with Gasteiger partial charge in [0.15, 0.2) is 0 Å². The van der Waals surface area contributed by atoms with Crippen molar-refractivity contribution in [2.75, 3.05) is 36.4 Å². The lowest BCUT2D eigenvalue weighted by Gasteiger charge is -2.22. The van der Waals surface area contributed by atoms with Crippen molar-refractivity contribution in [2.24, 2.45) is 0 Å². The van der Waals surface area contributed by atoms with Crippen molar-refractivity contribution in [2.45, 2.75) is 19.8 Å². The van der Waals surface area contributed by atoms with Crippen molar-refractivity contribution in [1.29, 1.82) is 0 Å². The minimum absolute atomic E-state index is 0.0423. The van der Waals surface area contributed by atoms with Gasteiger partial charge in [-0.1, -0.05) is 13.0 Å². The number of nitrogens with zero attached hydrogens (tertiary/aromatic N) is 2. The fourth-order valence-corrected chi connectivity index (χ4v) is 2.39. The van der Waals surface area contributed by atoms with Gasteiger partial charge in [0.05, 0.1) is 11.5 Å². The molecule has 2 rings (SSSR count). The molecule has 7 heteroatoms. The first-order chi connectivity index (χ1) is 10.1. The molecule has 2 N–H and O–H groups in total. The molecule has 1 heterocycles. The van der Waals surface area contributed by atoms with Gasteiger partial charge in [-0.05, 0) is 25.0 Å². The zero-order chi connectivity index (χ0) is 15.2. The Morgan fingerprint density at radius 2 is 2.29 bits per heavy atom. The van der Waals surface area contributed by atoms with Crippen molar-refractivity contribution in [1.82, 2.24) is 5.32 Å². The van der Waals surface area contributed by atoms with Gasteiger partial charge < -0.3 is 15.5 Å². The summed E-state index contributed by atoms with van der Waals surface area (Å²) in [4.78, 5) is 24.5. The Morgan fingerprint density at radius 1 is 1.48 bits per heavy atom. The quantitative estimate of drug-likeness (QED) is 0.637. The molecular weight excluding hydrogens is 272 g/mol. The van der Waals surface area contributed by atoms with E-state index in [9.17, 15) is 14.9 Å². The van der Waals surface area contributed by atoms with Crippen LogP contribution in [0, 0.1) is 10.1 Å². The zero-order valence-corrected chi connectivity index (χ0v) is 12.1. The Morgan fingerprint density at radius 3 is 3.00 bits per heavy atom. The van der Waals surface area contributed by atoms with Crippen molar-refractivity contribution in [3.05, 3.63) is 28.3 Å². The van der Waals surface area contributed by atoms with Gasteiger partial charge in [0, 0.05) is 19.6 Å².